The summed E-state index contributed by atoms with van der Waals surface area (Å²) in [5, 5.41) is 0. The fourth-order valence-corrected chi connectivity index (χ4v) is 3.02. The Bertz CT molecular complexity index is 624. The zero-order valence-corrected chi connectivity index (χ0v) is 11.0. The van der Waals surface area contributed by atoms with Crippen LogP contribution >= 0.6 is 0 Å². The van der Waals surface area contributed by atoms with E-state index < -0.39 is 12.0 Å². The van der Waals surface area contributed by atoms with Gasteiger partial charge in [0.2, 0.25) is 5.82 Å². The van der Waals surface area contributed by atoms with Crippen molar-refractivity contribution >= 4 is 16.7 Å². The number of anilines is 1. The van der Waals surface area contributed by atoms with E-state index in [9.17, 15) is 13.2 Å². The van der Waals surface area contributed by atoms with Gasteiger partial charge >= 0.3 is 6.18 Å². The number of rotatable bonds is 1. The number of nitrogens with zero attached hydrogens (tertiary/aromatic N) is 2. The van der Waals surface area contributed by atoms with Crippen LogP contribution in [0.15, 0.2) is 18.2 Å². The molecule has 2 N–H and O–H groups in total. The summed E-state index contributed by atoms with van der Waals surface area (Å²) in [5.74, 6) is -0.801. The van der Waals surface area contributed by atoms with E-state index in [1.165, 1.54) is 10.6 Å². The number of hydrogen-bond donors (Lipinski definition) is 1. The average Bonchev–Trinajstić information content (AvgIpc) is 2.78. The molecule has 0 amide bonds. The lowest BCUT2D eigenvalue weighted by Gasteiger charge is -2.26. The predicted molar refractivity (Wildman–Crippen MR) is 71.3 cm³/mol. The Balaban J connectivity index is 2.20. The molecule has 20 heavy (non-hydrogen) atoms. The number of nitrogens with two attached hydrogens (primary N) is 1. The molecule has 0 aliphatic heterocycles. The third kappa shape index (κ3) is 2.23. The molecule has 1 aromatic carbocycles. The van der Waals surface area contributed by atoms with E-state index in [4.69, 9.17) is 5.73 Å². The highest BCUT2D eigenvalue weighted by Crippen LogP contribution is 2.38. The Labute approximate surface area is 114 Å². The summed E-state index contributed by atoms with van der Waals surface area (Å²) in [7, 11) is 0. The van der Waals surface area contributed by atoms with Gasteiger partial charge in [-0.1, -0.05) is 19.3 Å². The van der Waals surface area contributed by atoms with Crippen molar-refractivity contribution in [2.75, 3.05) is 5.73 Å². The van der Waals surface area contributed by atoms with Crippen LogP contribution in [-0.4, -0.2) is 9.55 Å². The minimum atomic E-state index is -4.44. The van der Waals surface area contributed by atoms with Crippen molar-refractivity contribution in [3.8, 4) is 0 Å². The summed E-state index contributed by atoms with van der Waals surface area (Å²) in [5.41, 5.74) is 6.92. The number of hydrogen-bond acceptors (Lipinski definition) is 2. The molecule has 1 aromatic heterocycles. The van der Waals surface area contributed by atoms with E-state index >= 15 is 0 Å². The summed E-state index contributed by atoms with van der Waals surface area (Å²) in [6, 6.07) is 4.66. The highest BCUT2D eigenvalue weighted by atomic mass is 19.4. The van der Waals surface area contributed by atoms with Gasteiger partial charge in [0.05, 0.1) is 11.0 Å². The van der Waals surface area contributed by atoms with Crippen LogP contribution in [0, 0.1) is 0 Å². The van der Waals surface area contributed by atoms with Crippen molar-refractivity contribution in [2.45, 2.75) is 44.3 Å². The van der Waals surface area contributed by atoms with E-state index in [0.717, 1.165) is 32.1 Å². The number of aromatic nitrogens is 2. The summed E-state index contributed by atoms with van der Waals surface area (Å²) < 4.78 is 41.1. The van der Waals surface area contributed by atoms with Gasteiger partial charge in [-0.2, -0.15) is 13.2 Å². The molecule has 6 heteroatoms. The monoisotopic (exact) mass is 283 g/mol. The van der Waals surface area contributed by atoms with E-state index in [1.807, 2.05) is 0 Å². The summed E-state index contributed by atoms with van der Waals surface area (Å²) in [6.45, 7) is 0. The van der Waals surface area contributed by atoms with Crippen molar-refractivity contribution in [2.24, 2.45) is 0 Å². The number of benzene rings is 1. The molecule has 0 radical (unpaired) electrons. The van der Waals surface area contributed by atoms with E-state index in [1.54, 1.807) is 12.1 Å². The fourth-order valence-electron chi connectivity index (χ4n) is 3.02. The van der Waals surface area contributed by atoms with Gasteiger partial charge in [0, 0.05) is 11.7 Å². The van der Waals surface area contributed by atoms with Crippen LogP contribution in [0.1, 0.15) is 44.0 Å². The van der Waals surface area contributed by atoms with Crippen molar-refractivity contribution in [3.05, 3.63) is 24.0 Å². The van der Waals surface area contributed by atoms with Crippen molar-refractivity contribution < 1.29 is 13.2 Å². The quantitative estimate of drug-likeness (QED) is 0.799. The molecule has 1 heterocycles. The molecule has 0 atom stereocenters. The molecule has 3 nitrogen and oxygen atoms in total. The Kier molecular flexibility index (Phi) is 3.11. The smallest absolute Gasteiger partial charge is 0.399 e. The number of nitrogen functional groups attached to an aromatic ring is 1. The van der Waals surface area contributed by atoms with Crippen LogP contribution < -0.4 is 5.73 Å². The second-order valence-electron chi connectivity index (χ2n) is 5.34. The van der Waals surface area contributed by atoms with Crippen molar-refractivity contribution in [3.63, 3.8) is 0 Å². The second kappa shape index (κ2) is 4.68. The SMILES string of the molecule is Nc1ccc2c(c1)nc(C(F)(F)F)n2C1CCCCC1. The summed E-state index contributed by atoms with van der Waals surface area (Å²) in [6.07, 6.45) is 0.147. The van der Waals surface area contributed by atoms with Crippen LogP contribution in [0.4, 0.5) is 18.9 Å². The number of fused-ring (bicyclic) bond motifs is 1. The number of halogens is 3. The van der Waals surface area contributed by atoms with Crippen LogP contribution in [-0.2, 0) is 6.18 Å². The Morgan fingerprint density at radius 3 is 2.50 bits per heavy atom. The third-order valence-corrected chi connectivity index (χ3v) is 3.91. The fraction of sp³-hybridized carbons (Fsp3) is 0.500. The lowest BCUT2D eigenvalue weighted by atomic mass is 9.95. The molecule has 0 saturated heterocycles. The molecule has 3 rings (SSSR count). The Morgan fingerprint density at radius 1 is 1.15 bits per heavy atom. The highest BCUT2D eigenvalue weighted by Gasteiger charge is 2.39. The molecule has 0 spiro atoms. The van der Waals surface area contributed by atoms with E-state index in [2.05, 4.69) is 4.98 Å². The van der Waals surface area contributed by atoms with Gasteiger partial charge in [0.15, 0.2) is 0 Å². The predicted octanol–water partition coefficient (Wildman–Crippen LogP) is 4.14. The maximum Gasteiger partial charge on any atom is 0.449 e. The number of imidazole rings is 1. The zero-order valence-electron chi connectivity index (χ0n) is 11.0. The van der Waals surface area contributed by atoms with Crippen LogP contribution in [0.2, 0.25) is 0 Å². The zero-order chi connectivity index (χ0) is 14.3. The minimum absolute atomic E-state index is 0.117. The van der Waals surface area contributed by atoms with Gasteiger partial charge < -0.3 is 10.3 Å². The highest BCUT2D eigenvalue weighted by molar-refractivity contribution is 5.80. The molecule has 1 fully saturated rings. The average molecular weight is 283 g/mol. The summed E-state index contributed by atoms with van der Waals surface area (Å²) >= 11 is 0. The van der Waals surface area contributed by atoms with Gasteiger partial charge in [0.25, 0.3) is 0 Å². The molecule has 2 aromatic rings. The lowest BCUT2D eigenvalue weighted by Crippen LogP contribution is -2.21. The van der Waals surface area contributed by atoms with Gasteiger partial charge in [-0.15, -0.1) is 0 Å². The molecule has 0 bridgehead atoms. The molecular formula is C14H16F3N3. The maximum atomic E-state index is 13.2. The van der Waals surface area contributed by atoms with Gasteiger partial charge in [0.1, 0.15) is 0 Å². The molecule has 1 aliphatic carbocycles. The van der Waals surface area contributed by atoms with Crippen LogP contribution in [0.25, 0.3) is 11.0 Å². The molecular weight excluding hydrogens is 267 g/mol. The maximum absolute atomic E-state index is 13.2. The first-order valence-electron chi connectivity index (χ1n) is 6.81. The normalized spacial score (nSPS) is 17.8. The Morgan fingerprint density at radius 2 is 1.85 bits per heavy atom. The first-order valence-corrected chi connectivity index (χ1v) is 6.81. The summed E-state index contributed by atoms with van der Waals surface area (Å²) in [4.78, 5) is 3.78. The largest absolute Gasteiger partial charge is 0.449 e. The molecule has 1 aliphatic rings. The minimum Gasteiger partial charge on any atom is -0.399 e. The van der Waals surface area contributed by atoms with Gasteiger partial charge in [-0.3, -0.25) is 0 Å². The molecule has 1 saturated carbocycles. The van der Waals surface area contributed by atoms with E-state index in [-0.39, 0.29) is 6.04 Å². The first kappa shape index (κ1) is 13.3. The van der Waals surface area contributed by atoms with Crippen molar-refractivity contribution in [1.29, 1.82) is 0 Å². The van der Waals surface area contributed by atoms with Gasteiger partial charge in [-0.05, 0) is 31.0 Å². The second-order valence-corrected chi connectivity index (χ2v) is 5.34. The lowest BCUT2D eigenvalue weighted by molar-refractivity contribution is -0.147. The van der Waals surface area contributed by atoms with Gasteiger partial charge in [-0.25, -0.2) is 4.98 Å². The van der Waals surface area contributed by atoms with Crippen LogP contribution in [0.5, 0.6) is 0 Å². The molecule has 0 unspecified atom stereocenters. The Hall–Kier alpha value is -1.72. The standard InChI is InChI=1S/C14H16F3N3/c15-14(16,17)13-19-11-8-9(18)6-7-12(11)20(13)10-4-2-1-3-5-10/h6-8,10H,1-5,18H2. The van der Waals surface area contributed by atoms with E-state index in [0.29, 0.717) is 16.7 Å². The number of alkyl halides is 3. The van der Waals surface area contributed by atoms with Crippen molar-refractivity contribution in [1.82, 2.24) is 9.55 Å². The molecule has 108 valence electrons. The topological polar surface area (TPSA) is 43.8 Å². The first-order chi connectivity index (χ1) is 9.47. The third-order valence-electron chi connectivity index (χ3n) is 3.91. The van der Waals surface area contributed by atoms with Crippen LogP contribution in [0.3, 0.4) is 0 Å².